The zero-order chi connectivity index (χ0) is 22.1. The first-order valence-electron chi connectivity index (χ1n) is 10.6. The van der Waals surface area contributed by atoms with Crippen molar-refractivity contribution < 1.29 is 19.1 Å². The van der Waals surface area contributed by atoms with E-state index in [-0.39, 0.29) is 23.8 Å². The smallest absolute Gasteiger partial charge is 0.305 e. The van der Waals surface area contributed by atoms with Gasteiger partial charge >= 0.3 is 5.97 Å². The van der Waals surface area contributed by atoms with Crippen molar-refractivity contribution in [3.8, 4) is 0 Å². The van der Waals surface area contributed by atoms with Crippen molar-refractivity contribution in [2.45, 2.75) is 25.5 Å². The van der Waals surface area contributed by atoms with Crippen LogP contribution in [0.3, 0.4) is 0 Å². The number of carbonyl (C=O) groups is 1. The van der Waals surface area contributed by atoms with Crippen LogP contribution in [0.25, 0.3) is 0 Å². The number of benzene rings is 3. The van der Waals surface area contributed by atoms with Crippen molar-refractivity contribution in [3.05, 3.63) is 96.6 Å². The number of carbonyl (C=O) groups excluding carboxylic acids is 1. The van der Waals surface area contributed by atoms with Crippen molar-refractivity contribution >= 4 is 24.7 Å². The zero-order valence-corrected chi connectivity index (χ0v) is 19.1. The standard InChI is InChI=1S/C26H30O4Si/c1-21(19-30-20-22-12-6-3-7-13-22)25(18-26(27)29-2)31(28,23-14-8-4-9-15-23)24-16-10-5-11-17-24/h3-17,21,25,28H,18-20H2,1-2H3. The van der Waals surface area contributed by atoms with Crippen LogP contribution in [0.2, 0.25) is 5.54 Å². The second-order valence-electron chi connectivity index (χ2n) is 7.86. The molecule has 0 heterocycles. The molecule has 0 radical (unpaired) electrons. The molecule has 2 atom stereocenters. The van der Waals surface area contributed by atoms with Crippen LogP contribution >= 0.6 is 0 Å². The molecule has 0 fully saturated rings. The Hall–Kier alpha value is -2.73. The predicted molar refractivity (Wildman–Crippen MR) is 126 cm³/mol. The van der Waals surface area contributed by atoms with Gasteiger partial charge in [-0.05, 0) is 21.9 Å². The average molecular weight is 435 g/mol. The molecule has 0 saturated carbocycles. The Bertz CT molecular complexity index is 892. The second-order valence-corrected chi connectivity index (χ2v) is 11.3. The van der Waals surface area contributed by atoms with Crippen LogP contribution in [0.4, 0.5) is 0 Å². The molecule has 3 aromatic carbocycles. The maximum atomic E-state index is 12.4. The molecular weight excluding hydrogens is 404 g/mol. The summed E-state index contributed by atoms with van der Waals surface area (Å²) in [6, 6.07) is 29.4. The topological polar surface area (TPSA) is 55.8 Å². The highest BCUT2D eigenvalue weighted by atomic mass is 28.4. The van der Waals surface area contributed by atoms with Gasteiger partial charge in [-0.1, -0.05) is 97.9 Å². The van der Waals surface area contributed by atoms with Gasteiger partial charge in [0.25, 0.3) is 8.32 Å². The second kappa shape index (κ2) is 11.0. The van der Waals surface area contributed by atoms with E-state index in [1.165, 1.54) is 7.11 Å². The van der Waals surface area contributed by atoms with E-state index in [0.717, 1.165) is 15.9 Å². The first-order chi connectivity index (χ1) is 15.1. The van der Waals surface area contributed by atoms with Gasteiger partial charge in [0.15, 0.2) is 0 Å². The fourth-order valence-electron chi connectivity index (χ4n) is 4.06. The van der Waals surface area contributed by atoms with Gasteiger partial charge in [-0.15, -0.1) is 0 Å². The third kappa shape index (κ3) is 5.70. The van der Waals surface area contributed by atoms with Gasteiger partial charge in [-0.25, -0.2) is 0 Å². The highest BCUT2D eigenvalue weighted by Crippen LogP contribution is 2.33. The number of rotatable bonds is 10. The Kier molecular flexibility index (Phi) is 8.18. The number of methoxy groups -OCH3 is 1. The van der Waals surface area contributed by atoms with E-state index in [4.69, 9.17) is 9.47 Å². The SMILES string of the molecule is COC(=O)CC(C(C)COCc1ccccc1)[Si](O)(c1ccccc1)c1ccccc1. The number of ether oxygens (including phenoxy) is 2. The summed E-state index contributed by atoms with van der Waals surface area (Å²) in [6.45, 7) is 2.97. The Morgan fingerprint density at radius 1 is 0.871 bits per heavy atom. The molecule has 3 aromatic rings. The molecule has 31 heavy (non-hydrogen) atoms. The molecule has 4 nitrogen and oxygen atoms in total. The summed E-state index contributed by atoms with van der Waals surface area (Å²) in [4.78, 5) is 24.7. The summed E-state index contributed by atoms with van der Waals surface area (Å²) in [5, 5.41) is 1.76. The van der Waals surface area contributed by atoms with Crippen molar-refractivity contribution in [1.82, 2.24) is 0 Å². The van der Waals surface area contributed by atoms with Crippen LogP contribution < -0.4 is 10.4 Å². The lowest BCUT2D eigenvalue weighted by molar-refractivity contribution is -0.141. The van der Waals surface area contributed by atoms with E-state index < -0.39 is 8.32 Å². The quantitative estimate of drug-likeness (QED) is 0.392. The van der Waals surface area contributed by atoms with E-state index in [9.17, 15) is 9.59 Å². The largest absolute Gasteiger partial charge is 0.469 e. The molecule has 5 heteroatoms. The maximum absolute atomic E-state index is 12.4. The molecule has 0 aliphatic rings. The average Bonchev–Trinajstić information content (AvgIpc) is 2.83. The van der Waals surface area contributed by atoms with Crippen LogP contribution in [0.15, 0.2) is 91.0 Å². The Balaban J connectivity index is 1.92. The summed E-state index contributed by atoms with van der Waals surface area (Å²) >= 11 is 0. The van der Waals surface area contributed by atoms with Gasteiger partial charge in [0, 0.05) is 18.6 Å². The van der Waals surface area contributed by atoms with Gasteiger partial charge < -0.3 is 14.3 Å². The number of esters is 1. The van der Waals surface area contributed by atoms with Crippen molar-refractivity contribution in [3.63, 3.8) is 0 Å². The molecule has 0 saturated heterocycles. The van der Waals surface area contributed by atoms with E-state index in [1.54, 1.807) is 0 Å². The lowest BCUT2D eigenvalue weighted by Crippen LogP contribution is -2.63. The van der Waals surface area contributed by atoms with E-state index >= 15 is 0 Å². The first kappa shape index (κ1) is 22.9. The number of hydrogen-bond acceptors (Lipinski definition) is 4. The summed E-state index contributed by atoms with van der Waals surface area (Å²) in [5.74, 6) is -0.377. The lowest BCUT2D eigenvalue weighted by Gasteiger charge is -2.37. The molecule has 0 spiro atoms. The van der Waals surface area contributed by atoms with E-state index in [0.29, 0.717) is 13.2 Å². The molecule has 162 valence electrons. The van der Waals surface area contributed by atoms with Crippen LogP contribution in [0.5, 0.6) is 0 Å². The van der Waals surface area contributed by atoms with Gasteiger partial charge in [-0.3, -0.25) is 4.79 Å². The minimum atomic E-state index is -3.28. The Labute approximate surface area is 185 Å². The molecule has 3 rings (SSSR count). The highest BCUT2D eigenvalue weighted by Gasteiger charge is 2.47. The first-order valence-corrected chi connectivity index (χ1v) is 12.6. The summed E-state index contributed by atoms with van der Waals surface area (Å²) in [6.07, 6.45) is 0.138. The van der Waals surface area contributed by atoms with E-state index in [1.807, 2.05) is 97.9 Å². The molecule has 0 aliphatic heterocycles. The minimum absolute atomic E-state index is 0.0557. The fourth-order valence-corrected chi connectivity index (χ4v) is 8.03. The Morgan fingerprint density at radius 3 is 1.84 bits per heavy atom. The predicted octanol–water partition coefficient (Wildman–Crippen LogP) is 3.52. The molecular formula is C26H30O4Si. The number of hydrogen-bond donors (Lipinski definition) is 1. The molecule has 0 aliphatic carbocycles. The van der Waals surface area contributed by atoms with Crippen LogP contribution in [0, 0.1) is 5.92 Å². The monoisotopic (exact) mass is 434 g/mol. The van der Waals surface area contributed by atoms with Gasteiger partial charge in [0.2, 0.25) is 0 Å². The van der Waals surface area contributed by atoms with E-state index in [2.05, 4.69) is 0 Å². The molecule has 0 amide bonds. The van der Waals surface area contributed by atoms with Crippen molar-refractivity contribution in [1.29, 1.82) is 0 Å². The highest BCUT2D eigenvalue weighted by molar-refractivity contribution is 6.97. The van der Waals surface area contributed by atoms with Crippen LogP contribution in [-0.2, 0) is 20.9 Å². The third-order valence-electron chi connectivity index (χ3n) is 5.76. The van der Waals surface area contributed by atoms with Gasteiger partial charge in [0.05, 0.1) is 13.7 Å². The summed E-state index contributed by atoms with van der Waals surface area (Å²) in [5.41, 5.74) is 0.790. The van der Waals surface area contributed by atoms with Crippen LogP contribution in [-0.4, -0.2) is 32.8 Å². The zero-order valence-electron chi connectivity index (χ0n) is 18.1. The molecule has 1 N–H and O–H groups in total. The van der Waals surface area contributed by atoms with Crippen molar-refractivity contribution in [2.75, 3.05) is 13.7 Å². The molecule has 0 aromatic heterocycles. The van der Waals surface area contributed by atoms with Crippen LogP contribution in [0.1, 0.15) is 18.9 Å². The Morgan fingerprint density at radius 2 is 1.35 bits per heavy atom. The van der Waals surface area contributed by atoms with Crippen molar-refractivity contribution in [2.24, 2.45) is 5.92 Å². The molecule has 2 unspecified atom stereocenters. The summed E-state index contributed by atoms with van der Waals surface area (Å²) in [7, 11) is -1.89. The maximum Gasteiger partial charge on any atom is 0.305 e. The van der Waals surface area contributed by atoms with Gasteiger partial charge in [0.1, 0.15) is 0 Å². The fraction of sp³-hybridized carbons (Fsp3) is 0.269. The van der Waals surface area contributed by atoms with Gasteiger partial charge in [-0.2, -0.15) is 0 Å². The third-order valence-corrected chi connectivity index (χ3v) is 10.0. The normalized spacial score (nSPS) is 13.4. The molecule has 0 bridgehead atoms. The summed E-state index contributed by atoms with van der Waals surface area (Å²) < 4.78 is 11.0. The lowest BCUT2D eigenvalue weighted by atomic mass is 10.1. The minimum Gasteiger partial charge on any atom is -0.469 e.